The standard InChI is InChI=1S/C23H16N4O18S4/c28-20-12(18(22(30)31)24-26(20)14-8-10(46(34,35)36)4-6-16(14)48(40,41)42)2-1-3-13-19(23(32)33)25-27(21(13)29)15-9-11(47(37,38)39)5-7-17(15)49(43,44)45/h1-9,24H,(H,30,31)(H,32,33)(H,34,35,36)(H,37,38,39)(H,40,41,42)(H,43,44,45). The summed E-state index contributed by atoms with van der Waals surface area (Å²) in [6.07, 6.45) is 1.97. The van der Waals surface area contributed by atoms with Gasteiger partial charge in [0.2, 0.25) is 0 Å². The zero-order valence-electron chi connectivity index (χ0n) is 23.3. The average Bonchev–Trinajstić information content (AvgIpc) is 3.47. The molecule has 1 aliphatic heterocycles. The number of carboxylic acid groups (broad SMARTS) is 2. The second-order valence-electron chi connectivity index (χ2n) is 9.32. The van der Waals surface area contributed by atoms with Crippen molar-refractivity contribution >= 4 is 75.8 Å². The fraction of sp³-hybridized carbons (Fsp3) is 0. The summed E-state index contributed by atoms with van der Waals surface area (Å²) in [7, 11) is -20.6. The fourth-order valence-corrected chi connectivity index (χ4v) is 6.46. The highest BCUT2D eigenvalue weighted by Gasteiger charge is 2.38. The Kier molecular flexibility index (Phi) is 9.14. The van der Waals surface area contributed by atoms with Gasteiger partial charge in [-0.1, -0.05) is 6.08 Å². The van der Waals surface area contributed by atoms with Crippen LogP contribution in [0.3, 0.4) is 0 Å². The van der Waals surface area contributed by atoms with Gasteiger partial charge in [0.15, 0.2) is 11.4 Å². The predicted molar refractivity (Wildman–Crippen MR) is 159 cm³/mol. The van der Waals surface area contributed by atoms with Crippen molar-refractivity contribution in [2.24, 2.45) is 5.10 Å². The number of allylic oxidation sites excluding steroid dienone is 2. The van der Waals surface area contributed by atoms with Gasteiger partial charge in [0.1, 0.15) is 9.79 Å². The largest absolute Gasteiger partial charge is 0.477 e. The number of hydrogen-bond acceptors (Lipinski definition) is 13. The SMILES string of the molecule is O=C(O)C1=NN(c2cc(S(=O)(=O)O)ccc2S(=O)(=O)O)C(=O)C1=CC=Cc1c(C(=O)O)[nH]n(-c2cc(S(=O)(=O)O)ccc2S(=O)(=O)O)c1=O. The van der Waals surface area contributed by atoms with E-state index < -0.39 is 117 Å². The molecule has 2 heterocycles. The van der Waals surface area contributed by atoms with E-state index in [1.165, 1.54) is 0 Å². The number of anilines is 1. The first-order valence-electron chi connectivity index (χ1n) is 12.2. The van der Waals surface area contributed by atoms with Gasteiger partial charge in [0.25, 0.3) is 51.9 Å². The van der Waals surface area contributed by atoms with E-state index in [1.807, 2.05) is 5.10 Å². The van der Waals surface area contributed by atoms with Crippen LogP contribution in [-0.4, -0.2) is 95.4 Å². The maximum absolute atomic E-state index is 13.2. The smallest absolute Gasteiger partial charge is 0.357 e. The van der Waals surface area contributed by atoms with Crippen LogP contribution in [0.1, 0.15) is 16.1 Å². The van der Waals surface area contributed by atoms with E-state index in [1.54, 1.807) is 0 Å². The molecule has 1 aromatic heterocycles. The summed E-state index contributed by atoms with van der Waals surface area (Å²) < 4.78 is 132. The van der Waals surface area contributed by atoms with Crippen molar-refractivity contribution in [3.63, 3.8) is 0 Å². The lowest BCUT2D eigenvalue weighted by Gasteiger charge is -2.15. The van der Waals surface area contributed by atoms with Crippen LogP contribution >= 0.6 is 0 Å². The number of carbonyl (C=O) groups is 3. The Morgan fingerprint density at radius 3 is 1.65 bits per heavy atom. The van der Waals surface area contributed by atoms with Crippen molar-refractivity contribution in [1.29, 1.82) is 0 Å². The highest BCUT2D eigenvalue weighted by Crippen LogP contribution is 2.33. The van der Waals surface area contributed by atoms with Gasteiger partial charge in [-0.05, 0) is 48.6 Å². The Hall–Kier alpha value is -5.35. The van der Waals surface area contributed by atoms with E-state index in [0.717, 1.165) is 0 Å². The number of aromatic nitrogens is 2. The number of aromatic amines is 1. The summed E-state index contributed by atoms with van der Waals surface area (Å²) in [5.74, 6) is -5.29. The Morgan fingerprint density at radius 2 is 1.20 bits per heavy atom. The quantitative estimate of drug-likeness (QED) is 0.0988. The Bertz CT molecular complexity index is 2600. The number of rotatable bonds is 10. The molecule has 0 fully saturated rings. The summed E-state index contributed by atoms with van der Waals surface area (Å²) in [6, 6.07) is 2.79. The van der Waals surface area contributed by atoms with Crippen LogP contribution in [-0.2, 0) is 50.1 Å². The minimum atomic E-state index is -5.24. The number of hydrogen-bond donors (Lipinski definition) is 7. The van der Waals surface area contributed by atoms with Crippen molar-refractivity contribution in [2.45, 2.75) is 19.6 Å². The third-order valence-electron chi connectivity index (χ3n) is 6.23. The maximum atomic E-state index is 13.2. The molecule has 0 bridgehead atoms. The molecule has 7 N–H and O–H groups in total. The number of hydrazone groups is 1. The average molecular weight is 765 g/mol. The van der Waals surface area contributed by atoms with Crippen LogP contribution in [0, 0.1) is 0 Å². The monoisotopic (exact) mass is 764 g/mol. The molecular formula is C23H16N4O18S4. The maximum Gasteiger partial charge on any atom is 0.357 e. The zero-order chi connectivity index (χ0) is 37.0. The third-order valence-corrected chi connectivity index (χ3v) is 9.73. The molecule has 22 nitrogen and oxygen atoms in total. The van der Waals surface area contributed by atoms with E-state index in [-0.39, 0.29) is 9.69 Å². The van der Waals surface area contributed by atoms with Gasteiger partial charge in [-0.2, -0.15) is 43.8 Å². The number of carboxylic acids is 2. The molecule has 4 rings (SSSR count). The fourth-order valence-electron chi connectivity index (χ4n) is 4.16. The first kappa shape index (κ1) is 36.5. The normalized spacial score (nSPS) is 15.3. The highest BCUT2D eigenvalue weighted by molar-refractivity contribution is 7.87. The number of aromatic carboxylic acids is 1. The van der Waals surface area contributed by atoms with Gasteiger partial charge in [-0.3, -0.25) is 32.9 Å². The Morgan fingerprint density at radius 1 is 0.714 bits per heavy atom. The summed E-state index contributed by atoms with van der Waals surface area (Å²) in [4.78, 5) is 46.0. The molecule has 49 heavy (non-hydrogen) atoms. The molecule has 260 valence electrons. The van der Waals surface area contributed by atoms with E-state index in [4.69, 9.17) is 0 Å². The highest BCUT2D eigenvalue weighted by atomic mass is 32.2. The number of amides is 1. The summed E-state index contributed by atoms with van der Waals surface area (Å²) in [5, 5.41) is 24.7. The van der Waals surface area contributed by atoms with Crippen molar-refractivity contribution in [3.05, 3.63) is 75.7 Å². The molecule has 2 aromatic carbocycles. The molecule has 0 unspecified atom stereocenters. The zero-order valence-corrected chi connectivity index (χ0v) is 26.5. The number of carbonyl (C=O) groups excluding carboxylic acids is 1. The van der Waals surface area contributed by atoms with E-state index in [9.17, 15) is 81.3 Å². The molecule has 1 amide bonds. The Labute approximate surface area is 272 Å². The van der Waals surface area contributed by atoms with Gasteiger partial charge in [0, 0.05) is 0 Å². The van der Waals surface area contributed by atoms with Crippen molar-refractivity contribution < 1.29 is 76.5 Å². The first-order chi connectivity index (χ1) is 22.3. The van der Waals surface area contributed by atoms with Crippen LogP contribution in [0.4, 0.5) is 5.69 Å². The summed E-state index contributed by atoms with van der Waals surface area (Å²) >= 11 is 0. The minimum Gasteiger partial charge on any atom is -0.477 e. The molecule has 0 atom stereocenters. The number of benzene rings is 2. The predicted octanol–water partition coefficient (Wildman–Crippen LogP) is -0.722. The number of H-pyrrole nitrogens is 1. The van der Waals surface area contributed by atoms with E-state index in [0.29, 0.717) is 54.6 Å². The topological polar surface area (TPSA) is 363 Å². The van der Waals surface area contributed by atoms with Crippen molar-refractivity contribution in [3.8, 4) is 5.69 Å². The number of nitrogens with one attached hydrogen (secondary N) is 1. The minimum absolute atomic E-state index is 0.0475. The van der Waals surface area contributed by atoms with Crippen molar-refractivity contribution in [2.75, 3.05) is 5.01 Å². The van der Waals surface area contributed by atoms with Gasteiger partial charge in [0.05, 0.1) is 32.3 Å². The molecule has 0 spiro atoms. The van der Waals surface area contributed by atoms with Gasteiger partial charge < -0.3 is 10.2 Å². The lowest BCUT2D eigenvalue weighted by Crippen LogP contribution is -2.24. The molecule has 0 saturated carbocycles. The van der Waals surface area contributed by atoms with Gasteiger partial charge >= 0.3 is 11.9 Å². The van der Waals surface area contributed by atoms with Gasteiger partial charge in [-0.15, -0.1) is 0 Å². The van der Waals surface area contributed by atoms with Crippen LogP contribution in [0.5, 0.6) is 0 Å². The second-order valence-corrected chi connectivity index (χ2v) is 14.9. The van der Waals surface area contributed by atoms with Crippen LogP contribution in [0.25, 0.3) is 11.8 Å². The summed E-state index contributed by atoms with van der Waals surface area (Å²) in [6.45, 7) is 0. The number of aliphatic carboxylic acids is 1. The van der Waals surface area contributed by atoms with E-state index in [2.05, 4.69) is 5.10 Å². The molecular weight excluding hydrogens is 749 g/mol. The van der Waals surface area contributed by atoms with Crippen LogP contribution in [0.2, 0.25) is 0 Å². The lowest BCUT2D eigenvalue weighted by atomic mass is 10.1. The van der Waals surface area contributed by atoms with Crippen molar-refractivity contribution in [1.82, 2.24) is 9.78 Å². The first-order valence-corrected chi connectivity index (χ1v) is 17.9. The van der Waals surface area contributed by atoms with Crippen LogP contribution < -0.4 is 10.6 Å². The van der Waals surface area contributed by atoms with Gasteiger partial charge in [-0.25, -0.2) is 14.3 Å². The molecule has 0 saturated heterocycles. The lowest BCUT2D eigenvalue weighted by molar-refractivity contribution is -0.129. The summed E-state index contributed by atoms with van der Waals surface area (Å²) in [5.41, 5.74) is -7.33. The number of nitrogens with zero attached hydrogens (tertiary/aromatic N) is 3. The molecule has 0 radical (unpaired) electrons. The van der Waals surface area contributed by atoms with Crippen LogP contribution in [0.15, 0.2) is 83.6 Å². The molecule has 0 aliphatic carbocycles. The van der Waals surface area contributed by atoms with E-state index >= 15 is 0 Å². The molecule has 26 heteroatoms. The third kappa shape index (κ3) is 7.24. The Balaban J connectivity index is 1.88. The molecule has 1 aliphatic rings. The molecule has 3 aromatic rings. The second kappa shape index (κ2) is 12.3.